The van der Waals surface area contributed by atoms with Crippen molar-refractivity contribution < 1.29 is 45.0 Å². The zero-order chi connectivity index (χ0) is 23.0. The maximum absolute atomic E-state index is 12.3. The molecule has 0 saturated carbocycles. The van der Waals surface area contributed by atoms with E-state index in [-0.39, 0.29) is 0 Å². The van der Waals surface area contributed by atoms with Crippen molar-refractivity contribution >= 4 is 19.3 Å². The van der Waals surface area contributed by atoms with E-state index < -0.39 is 75.2 Å². The molecule has 0 aromatic rings. The van der Waals surface area contributed by atoms with Gasteiger partial charge in [0, 0.05) is 19.0 Å². The molecule has 0 spiro atoms. The van der Waals surface area contributed by atoms with Crippen molar-refractivity contribution in [1.29, 1.82) is 0 Å². The Labute approximate surface area is 152 Å². The van der Waals surface area contributed by atoms with Gasteiger partial charge in [0.15, 0.2) is 12.0 Å². The monoisotopic (exact) mass is 380 g/mol. The summed E-state index contributed by atoms with van der Waals surface area (Å²) in [6.07, 6.45) is -4.94. The lowest BCUT2D eigenvalue weighted by Gasteiger charge is -2.31. The van der Waals surface area contributed by atoms with E-state index in [1.54, 1.807) is 13.8 Å². The lowest BCUT2D eigenvalue weighted by atomic mass is 10.1. The number of hydrogen-bond acceptors (Lipinski definition) is 6. The van der Waals surface area contributed by atoms with Gasteiger partial charge in [0.25, 0.3) is 0 Å². The van der Waals surface area contributed by atoms with Crippen LogP contribution in [0.5, 0.6) is 0 Å². The zero-order valence-electron chi connectivity index (χ0n) is 18.5. The molecule has 1 saturated heterocycles. The molecule has 0 aliphatic carbocycles. The second-order valence-corrected chi connectivity index (χ2v) is 7.05. The molecule has 4 atom stereocenters. The maximum Gasteiger partial charge on any atom is 0.348 e. The Balaban J connectivity index is 2.55. The normalized spacial score (nSPS) is 35.1. The van der Waals surface area contributed by atoms with E-state index in [4.69, 9.17) is 21.1 Å². The van der Waals surface area contributed by atoms with Crippen molar-refractivity contribution in [3.05, 3.63) is 24.1 Å². The van der Waals surface area contributed by atoms with Gasteiger partial charge in [0.05, 0.1) is 19.4 Å². The first-order chi connectivity index (χ1) is 13.6. The van der Waals surface area contributed by atoms with Crippen molar-refractivity contribution in [2.45, 2.75) is 50.9 Å². The minimum Gasteiger partial charge on any atom is -0.374 e. The van der Waals surface area contributed by atoms with Crippen LogP contribution < -0.4 is 0 Å². The van der Waals surface area contributed by atoms with Gasteiger partial charge in [0.1, 0.15) is 18.3 Å². The van der Waals surface area contributed by atoms with E-state index >= 15 is 0 Å². The van der Waals surface area contributed by atoms with E-state index in [0.29, 0.717) is 0 Å². The molecular formula is C15H22NO8P. The third-order valence-corrected chi connectivity index (χ3v) is 3.84. The number of amides is 1. The Morgan fingerprint density at radius 2 is 2.20 bits per heavy atom. The molecule has 2 aliphatic heterocycles. The maximum atomic E-state index is 12.3. The number of carbonyl (C=O) groups is 2. The molecule has 9 nitrogen and oxygen atoms in total. The highest BCUT2D eigenvalue weighted by molar-refractivity contribution is 7.55. The average Bonchev–Trinajstić information content (AvgIpc) is 2.88. The molecule has 0 aromatic carbocycles. The molecule has 2 aliphatic rings. The van der Waals surface area contributed by atoms with E-state index in [0.717, 1.165) is 17.2 Å². The van der Waals surface area contributed by atoms with Crippen molar-refractivity contribution in [2.75, 3.05) is 7.04 Å². The quantitative estimate of drug-likeness (QED) is 0.505. The van der Waals surface area contributed by atoms with Crippen molar-refractivity contribution in [3.63, 3.8) is 0 Å². The van der Waals surface area contributed by atoms with Crippen LogP contribution in [0.2, 0.25) is 0 Å². The molecule has 0 bridgehead atoms. The van der Waals surface area contributed by atoms with Crippen molar-refractivity contribution in [1.82, 2.24) is 4.90 Å². The third kappa shape index (κ3) is 5.07. The Bertz CT molecular complexity index is 807. The Morgan fingerprint density at radius 3 is 2.76 bits per heavy atom. The van der Waals surface area contributed by atoms with Crippen LogP contribution in [0.4, 0.5) is 0 Å². The first kappa shape index (κ1) is 13.8. The number of hydrogen-bond donors (Lipinski definition) is 2. The van der Waals surface area contributed by atoms with Gasteiger partial charge in [-0.1, -0.05) is 0 Å². The van der Waals surface area contributed by atoms with Crippen molar-refractivity contribution in [2.24, 2.45) is 0 Å². The summed E-state index contributed by atoms with van der Waals surface area (Å²) >= 11 is 0. The topological polar surface area (TPSA) is 123 Å². The molecule has 25 heavy (non-hydrogen) atoms. The fraction of sp³-hybridized carbons (Fsp3) is 0.600. The van der Waals surface area contributed by atoms with Gasteiger partial charge in [-0.15, -0.1) is 0 Å². The van der Waals surface area contributed by atoms with Crippen LogP contribution in [0.15, 0.2) is 24.1 Å². The summed E-state index contributed by atoms with van der Waals surface area (Å²) in [5, 5.41) is 0. The van der Waals surface area contributed by atoms with Gasteiger partial charge in [0.2, 0.25) is 5.91 Å². The van der Waals surface area contributed by atoms with Crippen LogP contribution in [-0.2, 0) is 28.4 Å². The van der Waals surface area contributed by atoms with Crippen LogP contribution in [0, 0.1) is 0 Å². The SMILES string of the molecule is [2H]/C(=C(/[2H])P(=O)(O)O)[C@H]1O[C@@H](N2C=CC(=O)CC2=O)[C@H](OC([2H])([2H])[2H])[C@@H]1OC(C)C. The molecule has 2 N–H and O–H groups in total. The minimum atomic E-state index is -5.13. The molecule has 0 radical (unpaired) electrons. The summed E-state index contributed by atoms with van der Waals surface area (Å²) in [5.74, 6) is -2.55. The average molecular weight is 380 g/mol. The molecule has 0 aromatic heterocycles. The zero-order valence-corrected chi connectivity index (χ0v) is 14.4. The Morgan fingerprint density at radius 1 is 1.48 bits per heavy atom. The standard InChI is InChI=1S/C15H22NO8P/c1-9(2)23-13-11(5-7-25(19,20)21)24-15(14(13)22-3)16-6-4-10(17)8-12(16)18/h4-7,9,11,13-15H,8H2,1-3H3,(H2,19,20,21)/b7-5+/t11-,13-,14-,15-/m1/s1/i3D3,5D,7D. The highest BCUT2D eigenvalue weighted by atomic mass is 31.2. The second kappa shape index (κ2) is 7.90. The number of carbonyl (C=O) groups excluding carboxylic acids is 2. The van der Waals surface area contributed by atoms with Crippen LogP contribution in [0.25, 0.3) is 0 Å². The highest BCUT2D eigenvalue weighted by Gasteiger charge is 2.49. The molecule has 140 valence electrons. The Kier molecular flexibility index (Phi) is 4.36. The van der Waals surface area contributed by atoms with Gasteiger partial charge < -0.3 is 24.0 Å². The first-order valence-corrected chi connectivity index (χ1v) is 8.97. The van der Waals surface area contributed by atoms with Gasteiger partial charge >= 0.3 is 7.60 Å². The number of rotatable bonds is 6. The van der Waals surface area contributed by atoms with Crippen LogP contribution in [0.1, 0.15) is 27.1 Å². The van der Waals surface area contributed by atoms with Crippen LogP contribution in [0.3, 0.4) is 0 Å². The largest absolute Gasteiger partial charge is 0.374 e. The summed E-state index contributed by atoms with van der Waals surface area (Å²) < 4.78 is 65.6. The smallest absolute Gasteiger partial charge is 0.348 e. The van der Waals surface area contributed by atoms with Gasteiger partial charge in [-0.2, -0.15) is 0 Å². The minimum absolute atomic E-state index is 0.481. The van der Waals surface area contributed by atoms with Gasteiger partial charge in [-0.25, -0.2) is 0 Å². The lowest BCUT2D eigenvalue weighted by molar-refractivity contribution is -0.148. The van der Waals surface area contributed by atoms with Gasteiger partial charge in [-0.3, -0.25) is 19.1 Å². The van der Waals surface area contributed by atoms with E-state index in [1.807, 2.05) is 0 Å². The number of nitrogens with zero attached hydrogens (tertiary/aromatic N) is 1. The molecule has 1 fully saturated rings. The Hall–Kier alpha value is -1.35. The summed E-state index contributed by atoms with van der Waals surface area (Å²) in [7, 11) is -8.10. The van der Waals surface area contributed by atoms with Crippen LogP contribution >= 0.6 is 7.60 Å². The molecular weight excluding hydrogens is 353 g/mol. The lowest BCUT2D eigenvalue weighted by Crippen LogP contribution is -2.47. The fourth-order valence-corrected chi connectivity index (χ4v) is 2.78. The molecule has 2 heterocycles. The number of allylic oxidation sites excluding steroid dienone is 1. The van der Waals surface area contributed by atoms with Gasteiger partial charge in [-0.05, 0) is 26.0 Å². The van der Waals surface area contributed by atoms with Crippen LogP contribution in [-0.4, -0.2) is 64.1 Å². The predicted octanol–water partition coefficient (Wildman–Crippen LogP) is 0.526. The van der Waals surface area contributed by atoms with E-state index in [9.17, 15) is 23.9 Å². The van der Waals surface area contributed by atoms with Crippen molar-refractivity contribution in [3.8, 4) is 0 Å². The van der Waals surface area contributed by atoms with E-state index in [1.165, 1.54) is 0 Å². The fourth-order valence-electron chi connectivity index (χ4n) is 2.49. The number of ether oxygens (including phenoxy) is 3. The highest BCUT2D eigenvalue weighted by Crippen LogP contribution is 2.38. The number of ketones is 1. The summed E-state index contributed by atoms with van der Waals surface area (Å²) in [5.41, 5.74) is 0. The van der Waals surface area contributed by atoms with E-state index in [2.05, 4.69) is 0 Å². The summed E-state index contributed by atoms with van der Waals surface area (Å²) in [6, 6.07) is -0.944. The molecule has 0 unspecified atom stereocenters. The predicted molar refractivity (Wildman–Crippen MR) is 86.3 cm³/mol. The molecule has 2 rings (SSSR count). The number of methoxy groups -OCH3 is 1. The third-order valence-electron chi connectivity index (χ3n) is 3.42. The first-order valence-electron chi connectivity index (χ1n) is 9.86. The summed E-state index contributed by atoms with van der Waals surface area (Å²) in [6.45, 7) is 3.17. The second-order valence-electron chi connectivity index (χ2n) is 5.74. The molecule has 1 amide bonds. The molecule has 10 heteroatoms. The summed E-state index contributed by atoms with van der Waals surface area (Å²) in [4.78, 5) is 43.2.